The van der Waals surface area contributed by atoms with E-state index in [4.69, 9.17) is 4.74 Å². The molecular formula is C13H16O2. The van der Waals surface area contributed by atoms with E-state index >= 15 is 0 Å². The van der Waals surface area contributed by atoms with Gasteiger partial charge in [0.2, 0.25) is 0 Å². The second-order valence-electron chi connectivity index (χ2n) is 4.13. The van der Waals surface area contributed by atoms with Crippen LogP contribution in [0.25, 0.3) is 0 Å². The van der Waals surface area contributed by atoms with Crippen LogP contribution in [-0.2, 0) is 9.53 Å². The molecule has 1 aliphatic rings. The highest BCUT2D eigenvalue weighted by Gasteiger charge is 2.23. The molecule has 0 bridgehead atoms. The van der Waals surface area contributed by atoms with Crippen LogP contribution in [0.3, 0.4) is 0 Å². The first-order valence-corrected chi connectivity index (χ1v) is 5.50. The molecule has 1 aromatic rings. The fourth-order valence-corrected chi connectivity index (χ4v) is 1.94. The van der Waals surface area contributed by atoms with Crippen molar-refractivity contribution in [2.45, 2.75) is 32.1 Å². The Bertz CT molecular complexity index is 340. The average Bonchev–Trinajstić information content (AvgIpc) is 2.44. The fraction of sp³-hybridized carbons (Fsp3) is 0.462. The Morgan fingerprint density at radius 1 is 1.20 bits per heavy atom. The second kappa shape index (κ2) is 4.47. The maximum atomic E-state index is 11.7. The van der Waals surface area contributed by atoms with E-state index in [1.54, 1.807) is 0 Å². The Hall–Kier alpha value is -1.31. The molecular weight excluding hydrogens is 188 g/mol. The first-order chi connectivity index (χ1) is 7.27. The molecule has 2 nitrogen and oxygen atoms in total. The monoisotopic (exact) mass is 204 g/mol. The van der Waals surface area contributed by atoms with Crippen molar-refractivity contribution in [3.05, 3.63) is 35.4 Å². The van der Waals surface area contributed by atoms with Gasteiger partial charge in [0.15, 0.2) is 0 Å². The molecule has 0 radical (unpaired) electrons. The van der Waals surface area contributed by atoms with Crippen molar-refractivity contribution in [1.82, 2.24) is 0 Å². The van der Waals surface area contributed by atoms with E-state index in [1.807, 2.05) is 24.3 Å². The van der Waals surface area contributed by atoms with E-state index in [-0.39, 0.29) is 11.9 Å². The third kappa shape index (κ3) is 2.38. The summed E-state index contributed by atoms with van der Waals surface area (Å²) >= 11 is 0. The second-order valence-corrected chi connectivity index (χ2v) is 4.13. The molecule has 1 saturated heterocycles. The van der Waals surface area contributed by atoms with E-state index in [9.17, 15) is 4.79 Å². The van der Waals surface area contributed by atoms with Crippen LogP contribution in [0.4, 0.5) is 0 Å². The maximum Gasteiger partial charge on any atom is 0.313 e. The number of carbonyl (C=O) groups excluding carboxylic acids is 1. The molecule has 80 valence electrons. The summed E-state index contributed by atoms with van der Waals surface area (Å²) in [7, 11) is 0. The van der Waals surface area contributed by atoms with Gasteiger partial charge >= 0.3 is 5.97 Å². The fourth-order valence-electron chi connectivity index (χ4n) is 1.94. The van der Waals surface area contributed by atoms with Crippen LogP contribution in [0.5, 0.6) is 0 Å². The van der Waals surface area contributed by atoms with E-state index in [2.05, 4.69) is 6.92 Å². The standard InChI is InChI=1S/C13H16O2/c1-10-5-7-11(8-6-10)12-4-2-3-9-15-13(12)14/h5-8,12H,2-4,9H2,1H3. The predicted molar refractivity (Wildman–Crippen MR) is 58.7 cm³/mol. The average molecular weight is 204 g/mol. The Labute approximate surface area is 90.3 Å². The van der Waals surface area contributed by atoms with Crippen molar-refractivity contribution in [3.63, 3.8) is 0 Å². The summed E-state index contributed by atoms with van der Waals surface area (Å²) in [5.41, 5.74) is 2.31. The van der Waals surface area contributed by atoms with Crippen LogP contribution >= 0.6 is 0 Å². The summed E-state index contributed by atoms with van der Waals surface area (Å²) < 4.78 is 5.16. The molecule has 0 N–H and O–H groups in total. The Kier molecular flexibility index (Phi) is 3.05. The normalized spacial score (nSPS) is 21.9. The van der Waals surface area contributed by atoms with E-state index in [0.29, 0.717) is 6.61 Å². The van der Waals surface area contributed by atoms with Gasteiger partial charge in [0.1, 0.15) is 0 Å². The third-order valence-electron chi connectivity index (χ3n) is 2.90. The zero-order valence-electron chi connectivity index (χ0n) is 9.03. The topological polar surface area (TPSA) is 26.3 Å². The van der Waals surface area contributed by atoms with Gasteiger partial charge in [-0.15, -0.1) is 0 Å². The minimum absolute atomic E-state index is 0.0481. The highest BCUT2D eigenvalue weighted by molar-refractivity contribution is 5.78. The molecule has 0 aromatic heterocycles. The number of esters is 1. The molecule has 15 heavy (non-hydrogen) atoms. The highest BCUT2D eigenvalue weighted by Crippen LogP contribution is 2.26. The summed E-state index contributed by atoms with van der Waals surface area (Å²) in [6.45, 7) is 2.64. The number of cyclic esters (lactones) is 1. The van der Waals surface area contributed by atoms with Gasteiger partial charge in [-0.05, 0) is 31.7 Å². The smallest absolute Gasteiger partial charge is 0.313 e. The third-order valence-corrected chi connectivity index (χ3v) is 2.90. The van der Waals surface area contributed by atoms with E-state index in [1.165, 1.54) is 5.56 Å². The quantitative estimate of drug-likeness (QED) is 0.657. The van der Waals surface area contributed by atoms with Crippen LogP contribution < -0.4 is 0 Å². The van der Waals surface area contributed by atoms with E-state index in [0.717, 1.165) is 24.8 Å². The molecule has 1 heterocycles. The van der Waals surface area contributed by atoms with Gasteiger partial charge in [0.05, 0.1) is 12.5 Å². The number of ether oxygens (including phenoxy) is 1. The van der Waals surface area contributed by atoms with Gasteiger partial charge in [-0.1, -0.05) is 29.8 Å². The lowest BCUT2D eigenvalue weighted by molar-refractivity contribution is -0.144. The molecule has 1 aromatic carbocycles. The van der Waals surface area contributed by atoms with Crippen LogP contribution in [0.15, 0.2) is 24.3 Å². The van der Waals surface area contributed by atoms with Gasteiger partial charge < -0.3 is 4.74 Å². The summed E-state index contributed by atoms with van der Waals surface area (Å²) in [6.07, 6.45) is 2.99. The molecule has 2 rings (SSSR count). The first-order valence-electron chi connectivity index (χ1n) is 5.50. The summed E-state index contributed by atoms with van der Waals surface area (Å²) in [5, 5.41) is 0. The zero-order valence-corrected chi connectivity index (χ0v) is 9.03. The first kappa shape index (κ1) is 10.2. The SMILES string of the molecule is Cc1ccc(C2CCCCOC2=O)cc1. The molecule has 1 aliphatic heterocycles. The molecule has 2 heteroatoms. The van der Waals surface area contributed by atoms with Crippen molar-refractivity contribution in [2.24, 2.45) is 0 Å². The molecule has 1 unspecified atom stereocenters. The Morgan fingerprint density at radius 2 is 1.93 bits per heavy atom. The Balaban J connectivity index is 2.20. The van der Waals surface area contributed by atoms with Gasteiger partial charge in [0, 0.05) is 0 Å². The number of hydrogen-bond donors (Lipinski definition) is 0. The lowest BCUT2D eigenvalue weighted by atomic mass is 9.94. The predicted octanol–water partition coefficient (Wildman–Crippen LogP) is 2.81. The van der Waals surface area contributed by atoms with Crippen molar-refractivity contribution in [1.29, 1.82) is 0 Å². The van der Waals surface area contributed by atoms with Crippen molar-refractivity contribution in [2.75, 3.05) is 6.61 Å². The number of rotatable bonds is 1. The van der Waals surface area contributed by atoms with Crippen molar-refractivity contribution >= 4 is 5.97 Å². The van der Waals surface area contributed by atoms with Crippen LogP contribution in [-0.4, -0.2) is 12.6 Å². The minimum atomic E-state index is -0.0589. The van der Waals surface area contributed by atoms with Crippen molar-refractivity contribution in [3.8, 4) is 0 Å². The van der Waals surface area contributed by atoms with Gasteiger partial charge in [0.25, 0.3) is 0 Å². The number of aryl methyl sites for hydroxylation is 1. The van der Waals surface area contributed by atoms with E-state index < -0.39 is 0 Å². The molecule has 0 amide bonds. The highest BCUT2D eigenvalue weighted by atomic mass is 16.5. The number of hydrogen-bond acceptors (Lipinski definition) is 2. The zero-order chi connectivity index (χ0) is 10.7. The largest absolute Gasteiger partial charge is 0.465 e. The Morgan fingerprint density at radius 3 is 2.67 bits per heavy atom. The molecule has 1 atom stereocenters. The molecule has 0 spiro atoms. The van der Waals surface area contributed by atoms with Crippen molar-refractivity contribution < 1.29 is 9.53 Å². The van der Waals surface area contributed by atoms with Crippen LogP contribution in [0.2, 0.25) is 0 Å². The number of benzene rings is 1. The van der Waals surface area contributed by atoms with Crippen LogP contribution in [0.1, 0.15) is 36.3 Å². The molecule has 0 aliphatic carbocycles. The number of carbonyl (C=O) groups is 1. The van der Waals surface area contributed by atoms with Gasteiger partial charge in [-0.2, -0.15) is 0 Å². The molecule has 1 fully saturated rings. The maximum absolute atomic E-state index is 11.7. The van der Waals surface area contributed by atoms with Gasteiger partial charge in [-0.3, -0.25) is 4.79 Å². The minimum Gasteiger partial charge on any atom is -0.465 e. The molecule has 0 saturated carbocycles. The lowest BCUT2D eigenvalue weighted by Gasteiger charge is -2.12. The summed E-state index contributed by atoms with van der Waals surface area (Å²) in [6, 6.07) is 8.17. The summed E-state index contributed by atoms with van der Waals surface area (Å²) in [4.78, 5) is 11.7. The summed E-state index contributed by atoms with van der Waals surface area (Å²) in [5.74, 6) is -0.107. The van der Waals surface area contributed by atoms with Gasteiger partial charge in [-0.25, -0.2) is 0 Å². The lowest BCUT2D eigenvalue weighted by Crippen LogP contribution is -2.13. The van der Waals surface area contributed by atoms with Crippen LogP contribution in [0, 0.1) is 6.92 Å².